The number of piperazine rings is 3. The molecule has 4 rings (SSSR count). The molecule has 5 heteroatoms. The van der Waals surface area contributed by atoms with E-state index in [1.54, 1.807) is 0 Å². The maximum atomic E-state index is 4.58. The highest BCUT2D eigenvalue weighted by Gasteiger charge is 2.38. The first kappa shape index (κ1) is 13.1. The quantitative estimate of drug-likeness (QED) is 0.837. The number of hydrogen-bond acceptors (Lipinski definition) is 4. The molecule has 0 aliphatic carbocycles. The van der Waals surface area contributed by atoms with Gasteiger partial charge in [-0.2, -0.15) is 0 Å². The average Bonchev–Trinajstić information content (AvgIpc) is 2.87. The van der Waals surface area contributed by atoms with Gasteiger partial charge in [0.1, 0.15) is 5.82 Å². The fourth-order valence-corrected chi connectivity index (χ4v) is 3.35. The van der Waals surface area contributed by atoms with Crippen LogP contribution in [0.25, 0.3) is 0 Å². The molecule has 0 saturated carbocycles. The van der Waals surface area contributed by atoms with Crippen molar-refractivity contribution in [2.45, 2.75) is 25.4 Å². The van der Waals surface area contributed by atoms with Gasteiger partial charge in [0, 0.05) is 58.2 Å². The minimum atomic E-state index is 0.350. The fourth-order valence-electron chi connectivity index (χ4n) is 3.35. The molecular formula is C14H25N5. The first-order valence-corrected chi connectivity index (χ1v) is 7.46. The molecule has 2 atom stereocenters. The lowest BCUT2D eigenvalue weighted by molar-refractivity contribution is -0.00535. The maximum absolute atomic E-state index is 4.58. The van der Waals surface area contributed by atoms with E-state index in [2.05, 4.69) is 38.6 Å². The number of imidazole rings is 1. The summed E-state index contributed by atoms with van der Waals surface area (Å²) < 4.78 is 2.16. The Balaban J connectivity index is 1.81. The predicted octanol–water partition coefficient (Wildman–Crippen LogP) is 0.461. The Morgan fingerprint density at radius 3 is 2.68 bits per heavy atom. The Bertz CT molecular complexity index is 408. The largest absolute Gasteiger partial charge is 0.337 e. The van der Waals surface area contributed by atoms with Crippen molar-refractivity contribution in [2.24, 2.45) is 7.05 Å². The van der Waals surface area contributed by atoms with Gasteiger partial charge in [-0.25, -0.2) is 4.98 Å². The first-order chi connectivity index (χ1) is 9.29. The second-order valence-corrected chi connectivity index (χ2v) is 5.73. The van der Waals surface area contributed by atoms with Crippen LogP contribution in [0.1, 0.15) is 25.2 Å². The van der Waals surface area contributed by atoms with Gasteiger partial charge < -0.3 is 9.88 Å². The summed E-state index contributed by atoms with van der Waals surface area (Å²) in [6.07, 6.45) is 5.12. The van der Waals surface area contributed by atoms with Gasteiger partial charge in [0.05, 0.1) is 6.04 Å². The highest BCUT2D eigenvalue weighted by atomic mass is 15.4. The number of hydrogen-bond donors (Lipinski definition) is 1. The number of aromatic nitrogens is 2. The van der Waals surface area contributed by atoms with Crippen LogP contribution in [-0.4, -0.2) is 64.7 Å². The van der Waals surface area contributed by atoms with Crippen LogP contribution in [0, 0.1) is 0 Å². The average molecular weight is 263 g/mol. The molecule has 1 aromatic rings. The topological polar surface area (TPSA) is 36.3 Å². The smallest absolute Gasteiger partial charge is 0.127 e. The third-order valence-electron chi connectivity index (χ3n) is 4.46. The van der Waals surface area contributed by atoms with Crippen molar-refractivity contribution in [3.63, 3.8) is 0 Å². The van der Waals surface area contributed by atoms with Crippen LogP contribution in [-0.2, 0) is 7.05 Å². The number of aryl methyl sites for hydroxylation is 1. The summed E-state index contributed by atoms with van der Waals surface area (Å²) >= 11 is 0. The van der Waals surface area contributed by atoms with Gasteiger partial charge in [0.15, 0.2) is 0 Å². The number of fused-ring (bicyclic) bond motifs is 3. The summed E-state index contributed by atoms with van der Waals surface area (Å²) in [5.74, 6) is 1.17. The van der Waals surface area contributed by atoms with Crippen LogP contribution in [0.15, 0.2) is 12.4 Å². The van der Waals surface area contributed by atoms with E-state index < -0.39 is 0 Å². The van der Waals surface area contributed by atoms with Crippen molar-refractivity contribution in [2.75, 3.05) is 39.3 Å². The van der Waals surface area contributed by atoms with Gasteiger partial charge in [-0.3, -0.25) is 9.80 Å². The molecule has 2 unspecified atom stereocenters. The Morgan fingerprint density at radius 2 is 2.16 bits per heavy atom. The molecule has 3 fully saturated rings. The molecule has 0 aromatic carbocycles. The third kappa shape index (κ3) is 2.55. The van der Waals surface area contributed by atoms with Crippen molar-refractivity contribution < 1.29 is 0 Å². The molecule has 19 heavy (non-hydrogen) atoms. The Labute approximate surface area is 115 Å². The molecule has 5 nitrogen and oxygen atoms in total. The standard InChI is InChI=1S/C14H25N5/c1-3-4-15-13(14-16-5-6-17(14)2)12-11-18-7-9-19(12)10-8-18/h5-6,12-13,15H,3-4,7-11H2,1-2H3. The lowest BCUT2D eigenvalue weighted by atomic mass is 9.99. The van der Waals surface area contributed by atoms with E-state index in [4.69, 9.17) is 0 Å². The van der Waals surface area contributed by atoms with Crippen molar-refractivity contribution in [3.05, 3.63) is 18.2 Å². The zero-order chi connectivity index (χ0) is 13.2. The molecule has 1 aromatic heterocycles. The van der Waals surface area contributed by atoms with E-state index in [1.807, 2.05) is 12.4 Å². The number of rotatable bonds is 5. The van der Waals surface area contributed by atoms with E-state index in [0.717, 1.165) is 13.0 Å². The van der Waals surface area contributed by atoms with Gasteiger partial charge in [0.25, 0.3) is 0 Å². The van der Waals surface area contributed by atoms with Crippen molar-refractivity contribution in [3.8, 4) is 0 Å². The molecule has 3 aliphatic heterocycles. The second kappa shape index (κ2) is 5.61. The lowest BCUT2D eigenvalue weighted by Gasteiger charge is -2.50. The molecule has 0 spiro atoms. The first-order valence-electron chi connectivity index (χ1n) is 7.46. The Hall–Kier alpha value is -0.910. The van der Waals surface area contributed by atoms with Crippen LogP contribution >= 0.6 is 0 Å². The molecule has 2 bridgehead atoms. The Morgan fingerprint density at radius 1 is 1.37 bits per heavy atom. The summed E-state index contributed by atoms with van der Waals surface area (Å²) in [6, 6.07) is 0.915. The number of nitrogens with one attached hydrogen (secondary N) is 1. The third-order valence-corrected chi connectivity index (χ3v) is 4.46. The lowest BCUT2D eigenvalue weighted by Crippen LogP contribution is -2.64. The minimum absolute atomic E-state index is 0.350. The van der Waals surface area contributed by atoms with Gasteiger partial charge in [-0.15, -0.1) is 0 Å². The molecule has 3 saturated heterocycles. The van der Waals surface area contributed by atoms with Crippen LogP contribution in [0.3, 0.4) is 0 Å². The molecule has 0 amide bonds. The van der Waals surface area contributed by atoms with Gasteiger partial charge in [-0.05, 0) is 13.0 Å². The minimum Gasteiger partial charge on any atom is -0.337 e. The van der Waals surface area contributed by atoms with E-state index >= 15 is 0 Å². The molecule has 3 aliphatic rings. The molecule has 1 N–H and O–H groups in total. The van der Waals surface area contributed by atoms with E-state index in [0.29, 0.717) is 12.1 Å². The van der Waals surface area contributed by atoms with Gasteiger partial charge in [0.2, 0.25) is 0 Å². The van der Waals surface area contributed by atoms with E-state index in [9.17, 15) is 0 Å². The van der Waals surface area contributed by atoms with Crippen molar-refractivity contribution in [1.29, 1.82) is 0 Å². The molecule has 0 radical (unpaired) electrons. The summed E-state index contributed by atoms with van der Waals surface area (Å²) in [4.78, 5) is 9.82. The van der Waals surface area contributed by atoms with Gasteiger partial charge >= 0.3 is 0 Å². The number of nitrogens with zero attached hydrogens (tertiary/aromatic N) is 4. The summed E-state index contributed by atoms with van der Waals surface area (Å²) in [5, 5.41) is 3.72. The zero-order valence-corrected chi connectivity index (χ0v) is 12.0. The van der Waals surface area contributed by atoms with Crippen molar-refractivity contribution in [1.82, 2.24) is 24.7 Å². The SMILES string of the molecule is CCCNC(c1nccn1C)C1CN2CCN1CC2. The maximum Gasteiger partial charge on any atom is 0.127 e. The normalized spacial score (nSPS) is 31.6. The second-order valence-electron chi connectivity index (χ2n) is 5.73. The monoisotopic (exact) mass is 263 g/mol. The van der Waals surface area contributed by atoms with Crippen LogP contribution in [0.5, 0.6) is 0 Å². The van der Waals surface area contributed by atoms with Crippen LogP contribution in [0.2, 0.25) is 0 Å². The summed E-state index contributed by atoms with van der Waals surface area (Å²) in [7, 11) is 2.10. The van der Waals surface area contributed by atoms with E-state index in [-0.39, 0.29) is 0 Å². The fraction of sp³-hybridized carbons (Fsp3) is 0.786. The van der Waals surface area contributed by atoms with Gasteiger partial charge in [-0.1, -0.05) is 6.92 Å². The van der Waals surface area contributed by atoms with Crippen molar-refractivity contribution >= 4 is 0 Å². The predicted molar refractivity (Wildman–Crippen MR) is 76.0 cm³/mol. The summed E-state index contributed by atoms with van der Waals surface area (Å²) in [6.45, 7) is 9.34. The van der Waals surface area contributed by atoms with Crippen LogP contribution < -0.4 is 5.32 Å². The highest BCUT2D eigenvalue weighted by molar-refractivity contribution is 5.07. The molecule has 106 valence electrons. The van der Waals surface area contributed by atoms with E-state index in [1.165, 1.54) is 38.5 Å². The summed E-state index contributed by atoms with van der Waals surface area (Å²) in [5.41, 5.74) is 0. The molecule has 4 heterocycles. The highest BCUT2D eigenvalue weighted by Crippen LogP contribution is 2.26. The van der Waals surface area contributed by atoms with Crippen LogP contribution in [0.4, 0.5) is 0 Å². The Kier molecular flexibility index (Phi) is 3.86. The molecular weight excluding hydrogens is 238 g/mol. The zero-order valence-electron chi connectivity index (χ0n) is 12.0.